The van der Waals surface area contributed by atoms with Gasteiger partial charge in [0.25, 0.3) is 0 Å². The Morgan fingerprint density at radius 1 is 1.43 bits per heavy atom. The van der Waals surface area contributed by atoms with Gasteiger partial charge in [-0.05, 0) is 39.1 Å². The lowest BCUT2D eigenvalue weighted by Gasteiger charge is -2.14. The van der Waals surface area contributed by atoms with Crippen molar-refractivity contribution < 1.29 is 4.74 Å². The summed E-state index contributed by atoms with van der Waals surface area (Å²) in [5.74, 6) is 0.906. The number of hydrogen-bond acceptors (Lipinski definition) is 3. The van der Waals surface area contributed by atoms with Gasteiger partial charge in [0.15, 0.2) is 0 Å². The summed E-state index contributed by atoms with van der Waals surface area (Å²) in [7, 11) is 1.91. The number of rotatable bonds is 4. The SMILES string of the molecule is CNCc1cc(N)ccc1OC(C)C. The van der Waals surface area contributed by atoms with Crippen LogP contribution in [0.15, 0.2) is 18.2 Å². The summed E-state index contributed by atoms with van der Waals surface area (Å²) in [5, 5.41) is 3.09. The van der Waals surface area contributed by atoms with Gasteiger partial charge in [0.05, 0.1) is 6.10 Å². The highest BCUT2D eigenvalue weighted by Crippen LogP contribution is 2.22. The smallest absolute Gasteiger partial charge is 0.124 e. The Morgan fingerprint density at radius 2 is 2.14 bits per heavy atom. The van der Waals surface area contributed by atoms with Gasteiger partial charge in [0.1, 0.15) is 5.75 Å². The molecule has 0 unspecified atom stereocenters. The molecule has 1 aromatic carbocycles. The highest BCUT2D eigenvalue weighted by atomic mass is 16.5. The van der Waals surface area contributed by atoms with Crippen LogP contribution in [-0.4, -0.2) is 13.2 Å². The molecule has 0 bridgehead atoms. The number of nitrogens with two attached hydrogens (primary N) is 1. The maximum atomic E-state index is 5.71. The van der Waals surface area contributed by atoms with Gasteiger partial charge in [-0.2, -0.15) is 0 Å². The Morgan fingerprint density at radius 3 is 2.71 bits per heavy atom. The van der Waals surface area contributed by atoms with Crippen LogP contribution in [0.5, 0.6) is 5.75 Å². The Balaban J connectivity index is 2.89. The Kier molecular flexibility index (Phi) is 3.77. The largest absolute Gasteiger partial charge is 0.491 e. The molecule has 0 spiro atoms. The molecule has 0 saturated carbocycles. The topological polar surface area (TPSA) is 47.3 Å². The Labute approximate surface area is 85.3 Å². The van der Waals surface area contributed by atoms with Crippen LogP contribution >= 0.6 is 0 Å². The summed E-state index contributed by atoms with van der Waals surface area (Å²) in [6, 6.07) is 5.72. The van der Waals surface area contributed by atoms with E-state index in [0.717, 1.165) is 23.5 Å². The quantitative estimate of drug-likeness (QED) is 0.718. The Bertz CT molecular complexity index is 297. The molecular weight excluding hydrogens is 176 g/mol. The first-order valence-electron chi connectivity index (χ1n) is 4.83. The maximum Gasteiger partial charge on any atom is 0.124 e. The second-order valence-corrected chi connectivity index (χ2v) is 3.56. The van der Waals surface area contributed by atoms with Crippen molar-refractivity contribution in [3.63, 3.8) is 0 Å². The lowest BCUT2D eigenvalue weighted by Crippen LogP contribution is -2.11. The number of anilines is 1. The minimum Gasteiger partial charge on any atom is -0.491 e. The highest BCUT2D eigenvalue weighted by Gasteiger charge is 2.04. The average molecular weight is 194 g/mol. The van der Waals surface area contributed by atoms with Crippen LogP contribution in [0.4, 0.5) is 5.69 Å². The zero-order valence-electron chi connectivity index (χ0n) is 9.00. The van der Waals surface area contributed by atoms with Crippen LogP contribution in [0, 0.1) is 0 Å². The number of hydrogen-bond donors (Lipinski definition) is 2. The van der Waals surface area contributed by atoms with Crippen molar-refractivity contribution in [2.45, 2.75) is 26.5 Å². The molecule has 0 radical (unpaired) electrons. The molecule has 0 atom stereocenters. The fourth-order valence-corrected chi connectivity index (χ4v) is 1.30. The molecule has 0 saturated heterocycles. The van der Waals surface area contributed by atoms with Crippen LogP contribution in [-0.2, 0) is 6.54 Å². The maximum absolute atomic E-state index is 5.71. The molecule has 0 aliphatic carbocycles. The number of benzene rings is 1. The molecular formula is C11H18N2O. The van der Waals surface area contributed by atoms with E-state index < -0.39 is 0 Å². The molecule has 0 aliphatic heterocycles. The monoisotopic (exact) mass is 194 g/mol. The standard InChI is InChI=1S/C11H18N2O/c1-8(2)14-11-5-4-10(12)6-9(11)7-13-3/h4-6,8,13H,7,12H2,1-3H3. The van der Waals surface area contributed by atoms with Crippen LogP contribution in [0.3, 0.4) is 0 Å². The predicted octanol–water partition coefficient (Wildman–Crippen LogP) is 1.78. The third kappa shape index (κ3) is 2.92. The van der Waals surface area contributed by atoms with Gasteiger partial charge in [0.2, 0.25) is 0 Å². The van der Waals surface area contributed by atoms with E-state index in [1.54, 1.807) is 0 Å². The van der Waals surface area contributed by atoms with Crippen LogP contribution in [0.2, 0.25) is 0 Å². The van der Waals surface area contributed by atoms with Gasteiger partial charge in [-0.1, -0.05) is 0 Å². The van der Waals surface area contributed by atoms with Crippen molar-refractivity contribution in [1.29, 1.82) is 0 Å². The van der Waals surface area contributed by atoms with Gasteiger partial charge < -0.3 is 15.8 Å². The van der Waals surface area contributed by atoms with Crippen molar-refractivity contribution in [3.05, 3.63) is 23.8 Å². The lowest BCUT2D eigenvalue weighted by molar-refractivity contribution is 0.239. The van der Waals surface area contributed by atoms with Crippen LogP contribution < -0.4 is 15.8 Å². The zero-order valence-corrected chi connectivity index (χ0v) is 9.00. The van der Waals surface area contributed by atoms with E-state index in [9.17, 15) is 0 Å². The van der Waals surface area contributed by atoms with Crippen molar-refractivity contribution >= 4 is 5.69 Å². The summed E-state index contributed by atoms with van der Waals surface area (Å²) in [4.78, 5) is 0. The highest BCUT2D eigenvalue weighted by molar-refractivity contribution is 5.47. The molecule has 0 aromatic heterocycles. The van der Waals surface area contributed by atoms with Gasteiger partial charge in [-0.3, -0.25) is 0 Å². The van der Waals surface area contributed by atoms with E-state index in [0.29, 0.717) is 0 Å². The molecule has 78 valence electrons. The minimum atomic E-state index is 0.189. The molecule has 3 nitrogen and oxygen atoms in total. The van der Waals surface area contributed by atoms with Crippen LogP contribution in [0.1, 0.15) is 19.4 Å². The van der Waals surface area contributed by atoms with Gasteiger partial charge in [-0.15, -0.1) is 0 Å². The third-order valence-electron chi connectivity index (χ3n) is 1.81. The summed E-state index contributed by atoms with van der Waals surface area (Å²) in [6.45, 7) is 4.80. The number of ether oxygens (including phenoxy) is 1. The van der Waals surface area contributed by atoms with Gasteiger partial charge in [0, 0.05) is 17.8 Å². The normalized spacial score (nSPS) is 10.6. The van der Waals surface area contributed by atoms with Gasteiger partial charge >= 0.3 is 0 Å². The first-order valence-corrected chi connectivity index (χ1v) is 4.83. The minimum absolute atomic E-state index is 0.189. The second-order valence-electron chi connectivity index (χ2n) is 3.56. The molecule has 1 aromatic rings. The first kappa shape index (κ1) is 10.9. The van der Waals surface area contributed by atoms with Crippen molar-refractivity contribution in [3.8, 4) is 5.75 Å². The fourth-order valence-electron chi connectivity index (χ4n) is 1.30. The molecule has 0 aliphatic rings. The summed E-state index contributed by atoms with van der Waals surface area (Å²) in [5.41, 5.74) is 7.57. The molecule has 3 N–H and O–H groups in total. The molecule has 3 heteroatoms. The summed E-state index contributed by atoms with van der Waals surface area (Å²) >= 11 is 0. The predicted molar refractivity (Wildman–Crippen MR) is 59.4 cm³/mol. The second kappa shape index (κ2) is 4.86. The van der Waals surface area contributed by atoms with E-state index in [1.165, 1.54) is 0 Å². The van der Waals surface area contributed by atoms with E-state index in [-0.39, 0.29) is 6.10 Å². The van der Waals surface area contributed by atoms with E-state index in [1.807, 2.05) is 39.1 Å². The summed E-state index contributed by atoms with van der Waals surface area (Å²) < 4.78 is 5.66. The number of nitrogens with one attached hydrogen (secondary N) is 1. The third-order valence-corrected chi connectivity index (χ3v) is 1.81. The zero-order chi connectivity index (χ0) is 10.6. The molecule has 1 rings (SSSR count). The number of nitrogen functional groups attached to an aromatic ring is 1. The van der Waals surface area contributed by atoms with E-state index in [4.69, 9.17) is 10.5 Å². The lowest BCUT2D eigenvalue weighted by atomic mass is 10.1. The average Bonchev–Trinajstić information content (AvgIpc) is 2.09. The molecule has 0 amide bonds. The van der Waals surface area contributed by atoms with Crippen molar-refractivity contribution in [1.82, 2.24) is 5.32 Å². The molecule has 0 heterocycles. The molecule has 14 heavy (non-hydrogen) atoms. The van der Waals surface area contributed by atoms with Crippen molar-refractivity contribution in [2.24, 2.45) is 0 Å². The Hall–Kier alpha value is -1.22. The fraction of sp³-hybridized carbons (Fsp3) is 0.455. The van der Waals surface area contributed by atoms with Crippen molar-refractivity contribution in [2.75, 3.05) is 12.8 Å². The first-order chi connectivity index (χ1) is 6.63. The van der Waals surface area contributed by atoms with E-state index >= 15 is 0 Å². The van der Waals surface area contributed by atoms with E-state index in [2.05, 4.69) is 5.32 Å². The van der Waals surface area contributed by atoms with Gasteiger partial charge in [-0.25, -0.2) is 0 Å². The molecule has 0 fully saturated rings. The summed E-state index contributed by atoms with van der Waals surface area (Å²) in [6.07, 6.45) is 0.189. The van der Waals surface area contributed by atoms with Crippen LogP contribution in [0.25, 0.3) is 0 Å².